The van der Waals surface area contributed by atoms with Crippen LogP contribution in [0.2, 0.25) is 0 Å². The number of nitrogens with zero attached hydrogens (tertiary/aromatic N) is 2. The number of hydrogen-bond acceptors (Lipinski definition) is 3. The lowest BCUT2D eigenvalue weighted by Gasteiger charge is -2.19. The van der Waals surface area contributed by atoms with Gasteiger partial charge in [-0.25, -0.2) is 0 Å². The van der Waals surface area contributed by atoms with E-state index in [4.69, 9.17) is 0 Å². The Kier molecular flexibility index (Phi) is 3.03. The topological polar surface area (TPSA) is 64.0 Å². The fraction of sp³-hybridized carbons (Fsp3) is 0.545. The first-order chi connectivity index (χ1) is 7.69. The molecule has 86 valence electrons. The van der Waals surface area contributed by atoms with Crippen molar-refractivity contribution in [2.75, 3.05) is 0 Å². The third kappa shape index (κ3) is 2.29. The van der Waals surface area contributed by atoms with Crippen LogP contribution in [0.25, 0.3) is 0 Å². The maximum Gasteiger partial charge on any atom is 0.227 e. The van der Waals surface area contributed by atoms with Gasteiger partial charge in [-0.15, -0.1) is 0 Å². The summed E-state index contributed by atoms with van der Waals surface area (Å²) in [5.41, 5.74) is 0.983. The predicted octanol–water partition coefficient (Wildman–Crippen LogP) is 0.813. The lowest BCUT2D eigenvalue weighted by Crippen LogP contribution is -2.37. The van der Waals surface area contributed by atoms with Crippen LogP contribution >= 0.6 is 0 Å². The van der Waals surface area contributed by atoms with Crippen molar-refractivity contribution >= 4 is 11.8 Å². The molecule has 5 nitrogen and oxygen atoms in total. The molecule has 0 aliphatic carbocycles. The van der Waals surface area contributed by atoms with Gasteiger partial charge in [0.1, 0.15) is 0 Å². The molecule has 1 aromatic rings. The summed E-state index contributed by atoms with van der Waals surface area (Å²) in [5.74, 6) is -0.388. The number of rotatable bonds is 3. The van der Waals surface area contributed by atoms with Gasteiger partial charge in [-0.05, 0) is 12.0 Å². The highest BCUT2D eigenvalue weighted by Gasteiger charge is 2.26. The van der Waals surface area contributed by atoms with Crippen molar-refractivity contribution in [1.29, 1.82) is 0 Å². The van der Waals surface area contributed by atoms with Gasteiger partial charge in [-0.2, -0.15) is 5.10 Å². The first-order valence-corrected chi connectivity index (χ1v) is 5.54. The highest BCUT2D eigenvalue weighted by Crippen LogP contribution is 2.25. The lowest BCUT2D eigenvalue weighted by molar-refractivity contribution is -0.133. The number of amides is 2. The minimum Gasteiger partial charge on any atom is -0.296 e. The molecule has 0 radical (unpaired) electrons. The molecule has 2 heterocycles. The maximum atomic E-state index is 11.2. The second kappa shape index (κ2) is 4.47. The molecule has 1 fully saturated rings. The largest absolute Gasteiger partial charge is 0.296 e. The molecule has 2 amide bonds. The first kappa shape index (κ1) is 10.9. The van der Waals surface area contributed by atoms with Gasteiger partial charge >= 0.3 is 0 Å². The smallest absolute Gasteiger partial charge is 0.227 e. The molecular formula is C11H15N3O2. The quantitative estimate of drug-likeness (QED) is 0.768. The standard InChI is InChI=1S/C11H15N3O2/c1-2-3-14-7-9(6-12-14)8-4-10(15)13-11(16)5-8/h6-8H,2-5H2,1H3,(H,13,15,16). The van der Waals surface area contributed by atoms with E-state index in [9.17, 15) is 9.59 Å². The summed E-state index contributed by atoms with van der Waals surface area (Å²) in [7, 11) is 0. The molecular weight excluding hydrogens is 206 g/mol. The Labute approximate surface area is 93.8 Å². The zero-order valence-corrected chi connectivity index (χ0v) is 9.27. The van der Waals surface area contributed by atoms with Crippen LogP contribution in [0.4, 0.5) is 0 Å². The Morgan fingerprint density at radius 1 is 1.44 bits per heavy atom. The Morgan fingerprint density at radius 2 is 2.12 bits per heavy atom. The molecule has 1 N–H and O–H groups in total. The van der Waals surface area contributed by atoms with Crippen LogP contribution in [-0.2, 0) is 16.1 Å². The van der Waals surface area contributed by atoms with E-state index in [1.807, 2.05) is 10.9 Å². The minimum atomic E-state index is -0.190. The Balaban J connectivity index is 2.10. The Morgan fingerprint density at radius 3 is 2.75 bits per heavy atom. The number of carbonyl (C=O) groups excluding carboxylic acids is 2. The minimum absolute atomic E-state index is 0.00754. The fourth-order valence-corrected chi connectivity index (χ4v) is 1.95. The molecule has 0 aromatic carbocycles. The second-order valence-electron chi connectivity index (χ2n) is 4.11. The average molecular weight is 221 g/mol. The molecule has 1 aromatic heterocycles. The van der Waals surface area contributed by atoms with Gasteiger partial charge in [0.25, 0.3) is 0 Å². The molecule has 2 rings (SSSR count). The number of aryl methyl sites for hydroxylation is 1. The maximum absolute atomic E-state index is 11.2. The van der Waals surface area contributed by atoms with Crippen molar-refractivity contribution in [3.8, 4) is 0 Å². The Bertz CT molecular complexity index is 395. The van der Waals surface area contributed by atoms with E-state index in [0.29, 0.717) is 12.8 Å². The summed E-state index contributed by atoms with van der Waals surface area (Å²) in [6, 6.07) is 0. The summed E-state index contributed by atoms with van der Waals surface area (Å²) >= 11 is 0. The molecule has 0 unspecified atom stereocenters. The Hall–Kier alpha value is -1.65. The summed E-state index contributed by atoms with van der Waals surface area (Å²) in [5, 5.41) is 6.51. The van der Waals surface area contributed by atoms with Gasteiger partial charge < -0.3 is 0 Å². The van der Waals surface area contributed by atoms with Crippen LogP contribution in [-0.4, -0.2) is 21.6 Å². The molecule has 1 aliphatic rings. The molecule has 1 aliphatic heterocycles. The van der Waals surface area contributed by atoms with E-state index in [2.05, 4.69) is 17.3 Å². The molecule has 0 atom stereocenters. The predicted molar refractivity (Wildman–Crippen MR) is 57.6 cm³/mol. The van der Waals surface area contributed by atoms with Crippen molar-refractivity contribution in [1.82, 2.24) is 15.1 Å². The first-order valence-electron chi connectivity index (χ1n) is 5.54. The van der Waals surface area contributed by atoms with E-state index < -0.39 is 0 Å². The lowest BCUT2D eigenvalue weighted by atomic mass is 9.92. The number of hydrogen-bond donors (Lipinski definition) is 1. The average Bonchev–Trinajstić information content (AvgIpc) is 2.65. The van der Waals surface area contributed by atoms with Crippen molar-refractivity contribution in [2.45, 2.75) is 38.6 Å². The molecule has 0 spiro atoms. The molecule has 5 heteroatoms. The van der Waals surface area contributed by atoms with Gasteiger partial charge in [0.15, 0.2) is 0 Å². The highest BCUT2D eigenvalue weighted by atomic mass is 16.2. The van der Waals surface area contributed by atoms with Crippen LogP contribution in [0.1, 0.15) is 37.7 Å². The summed E-state index contributed by atoms with van der Waals surface area (Å²) < 4.78 is 1.85. The monoisotopic (exact) mass is 221 g/mol. The number of aromatic nitrogens is 2. The van der Waals surface area contributed by atoms with E-state index >= 15 is 0 Å². The molecule has 16 heavy (non-hydrogen) atoms. The molecule has 1 saturated heterocycles. The number of carbonyl (C=O) groups is 2. The van der Waals surface area contributed by atoms with Crippen molar-refractivity contribution in [2.24, 2.45) is 0 Å². The zero-order chi connectivity index (χ0) is 11.5. The molecule has 0 saturated carbocycles. The van der Waals surface area contributed by atoms with Gasteiger partial charge in [0, 0.05) is 31.5 Å². The van der Waals surface area contributed by atoms with Gasteiger partial charge in [-0.1, -0.05) is 6.92 Å². The van der Waals surface area contributed by atoms with Crippen LogP contribution < -0.4 is 5.32 Å². The van der Waals surface area contributed by atoms with Crippen molar-refractivity contribution in [3.05, 3.63) is 18.0 Å². The van der Waals surface area contributed by atoms with Crippen LogP contribution in [0.5, 0.6) is 0 Å². The SMILES string of the molecule is CCCn1cc(C2CC(=O)NC(=O)C2)cn1. The van der Waals surface area contributed by atoms with Crippen LogP contribution in [0.15, 0.2) is 12.4 Å². The van der Waals surface area contributed by atoms with Crippen molar-refractivity contribution < 1.29 is 9.59 Å². The number of nitrogens with one attached hydrogen (secondary N) is 1. The van der Waals surface area contributed by atoms with Gasteiger partial charge in [-0.3, -0.25) is 19.6 Å². The second-order valence-corrected chi connectivity index (χ2v) is 4.11. The third-order valence-corrected chi connectivity index (χ3v) is 2.72. The fourth-order valence-electron chi connectivity index (χ4n) is 1.95. The third-order valence-electron chi connectivity index (χ3n) is 2.72. The summed E-state index contributed by atoms with van der Waals surface area (Å²) in [6.45, 7) is 2.95. The molecule has 0 bridgehead atoms. The number of piperidine rings is 1. The van der Waals surface area contributed by atoms with E-state index in [-0.39, 0.29) is 17.7 Å². The zero-order valence-electron chi connectivity index (χ0n) is 9.27. The van der Waals surface area contributed by atoms with Crippen LogP contribution in [0.3, 0.4) is 0 Å². The van der Waals surface area contributed by atoms with Crippen LogP contribution in [0, 0.1) is 0 Å². The van der Waals surface area contributed by atoms with E-state index in [0.717, 1.165) is 18.5 Å². The van der Waals surface area contributed by atoms with E-state index in [1.54, 1.807) is 6.20 Å². The van der Waals surface area contributed by atoms with E-state index in [1.165, 1.54) is 0 Å². The normalized spacial score (nSPS) is 17.6. The summed E-state index contributed by atoms with van der Waals surface area (Å²) in [6.07, 6.45) is 5.46. The number of imide groups is 1. The highest BCUT2D eigenvalue weighted by molar-refractivity contribution is 5.98. The van der Waals surface area contributed by atoms with Gasteiger partial charge in [0.05, 0.1) is 6.20 Å². The van der Waals surface area contributed by atoms with Crippen molar-refractivity contribution in [3.63, 3.8) is 0 Å². The summed E-state index contributed by atoms with van der Waals surface area (Å²) in [4.78, 5) is 22.5. The van der Waals surface area contributed by atoms with Gasteiger partial charge in [0.2, 0.25) is 11.8 Å².